The van der Waals surface area contributed by atoms with E-state index in [1.54, 1.807) is 36.7 Å². The molecule has 0 aliphatic rings. The van der Waals surface area contributed by atoms with Crippen molar-refractivity contribution in [3.63, 3.8) is 0 Å². The molecular weight excluding hydrogens is 470 g/mol. The van der Waals surface area contributed by atoms with E-state index in [-0.39, 0.29) is 6.54 Å². The Labute approximate surface area is 197 Å². The summed E-state index contributed by atoms with van der Waals surface area (Å²) >= 11 is 7.32. The molecule has 3 N–H and O–H groups in total. The quantitative estimate of drug-likeness (QED) is 0.420. The first-order valence-corrected chi connectivity index (χ1v) is 11.1. The Balaban J connectivity index is 1.76. The number of hydrogen-bond acceptors (Lipinski definition) is 4. The van der Waals surface area contributed by atoms with E-state index in [9.17, 15) is 18.4 Å². The van der Waals surface area contributed by atoms with Crippen LogP contribution in [-0.2, 0) is 11.2 Å². The molecule has 0 saturated heterocycles. The molecule has 0 radical (unpaired) electrons. The molecule has 0 bridgehead atoms. The lowest BCUT2D eigenvalue weighted by Crippen LogP contribution is -2.33. The molecule has 6 nitrogen and oxygen atoms in total. The van der Waals surface area contributed by atoms with Gasteiger partial charge in [-0.05, 0) is 55.8 Å². The smallest absolute Gasteiger partial charge is 0.255 e. The number of benzene rings is 2. The van der Waals surface area contributed by atoms with Gasteiger partial charge >= 0.3 is 0 Å². The highest BCUT2D eigenvalue weighted by atomic mass is 35.5. The number of nitrogens with zero attached hydrogens (tertiary/aromatic N) is 2. The number of thiophene rings is 1. The molecule has 33 heavy (non-hydrogen) atoms. The van der Waals surface area contributed by atoms with Gasteiger partial charge in [0.1, 0.15) is 11.6 Å². The summed E-state index contributed by atoms with van der Waals surface area (Å²) in [6, 6.07) is 8.96. The van der Waals surface area contributed by atoms with Gasteiger partial charge in [-0.25, -0.2) is 13.5 Å². The number of nitrogens with two attached hydrogens (primary N) is 1. The van der Waals surface area contributed by atoms with E-state index in [0.717, 1.165) is 4.88 Å². The fraction of sp³-hybridized carbons (Fsp3) is 0.174. The van der Waals surface area contributed by atoms with Crippen LogP contribution in [0.5, 0.6) is 0 Å². The minimum absolute atomic E-state index is 0.290. The molecule has 10 heteroatoms. The van der Waals surface area contributed by atoms with Crippen LogP contribution in [0, 0.1) is 25.5 Å². The Morgan fingerprint density at radius 2 is 1.94 bits per heavy atom. The fourth-order valence-corrected chi connectivity index (χ4v) is 5.20. The number of primary amides is 1. The first-order chi connectivity index (χ1) is 15.6. The first kappa shape index (κ1) is 22.9. The van der Waals surface area contributed by atoms with Gasteiger partial charge in [0.25, 0.3) is 5.91 Å². The van der Waals surface area contributed by atoms with Gasteiger partial charge in [0.05, 0.1) is 33.9 Å². The zero-order valence-corrected chi connectivity index (χ0v) is 19.3. The van der Waals surface area contributed by atoms with Crippen LogP contribution in [0.3, 0.4) is 0 Å². The van der Waals surface area contributed by atoms with Gasteiger partial charge in [0, 0.05) is 21.7 Å². The Morgan fingerprint density at radius 3 is 2.64 bits per heavy atom. The number of rotatable bonds is 6. The molecule has 2 amide bonds. The normalized spacial score (nSPS) is 11.2. The molecule has 0 atom stereocenters. The number of carbonyl (C=O) groups excluding carboxylic acids is 2. The molecule has 0 saturated carbocycles. The Kier molecular flexibility index (Phi) is 6.18. The van der Waals surface area contributed by atoms with E-state index in [2.05, 4.69) is 10.4 Å². The summed E-state index contributed by atoms with van der Waals surface area (Å²) in [5, 5.41) is 7.65. The van der Waals surface area contributed by atoms with Gasteiger partial charge in [-0.15, -0.1) is 11.3 Å². The third-order valence-electron chi connectivity index (χ3n) is 5.13. The van der Waals surface area contributed by atoms with Gasteiger partial charge in [-0.1, -0.05) is 11.6 Å². The summed E-state index contributed by atoms with van der Waals surface area (Å²) in [7, 11) is 0. The summed E-state index contributed by atoms with van der Waals surface area (Å²) in [4.78, 5) is 24.4. The number of carbonyl (C=O) groups is 2. The highest BCUT2D eigenvalue weighted by Crippen LogP contribution is 2.35. The molecule has 2 aromatic heterocycles. The Morgan fingerprint density at radius 1 is 1.18 bits per heavy atom. The van der Waals surface area contributed by atoms with Crippen LogP contribution in [0.25, 0.3) is 15.8 Å². The Hall–Kier alpha value is -3.30. The van der Waals surface area contributed by atoms with Crippen LogP contribution >= 0.6 is 22.9 Å². The lowest BCUT2D eigenvalue weighted by atomic mass is 10.1. The number of halogens is 3. The fourth-order valence-electron chi connectivity index (χ4n) is 3.76. The summed E-state index contributed by atoms with van der Waals surface area (Å²) in [6.45, 7) is 3.11. The zero-order valence-electron chi connectivity index (χ0n) is 17.7. The van der Waals surface area contributed by atoms with Crippen LogP contribution in [-0.4, -0.2) is 28.1 Å². The summed E-state index contributed by atoms with van der Waals surface area (Å²) in [5.74, 6) is -1.95. The average molecular weight is 489 g/mol. The number of hydrogen-bond donors (Lipinski definition) is 2. The molecule has 170 valence electrons. The van der Waals surface area contributed by atoms with Crippen molar-refractivity contribution in [2.45, 2.75) is 20.3 Å². The molecule has 4 rings (SSSR count). The third-order valence-corrected chi connectivity index (χ3v) is 6.51. The van der Waals surface area contributed by atoms with Crippen molar-refractivity contribution in [2.24, 2.45) is 5.73 Å². The molecule has 0 aliphatic heterocycles. The van der Waals surface area contributed by atoms with Crippen LogP contribution in [0.15, 0.2) is 36.4 Å². The van der Waals surface area contributed by atoms with E-state index in [1.165, 1.54) is 29.5 Å². The second-order valence-corrected chi connectivity index (χ2v) is 9.16. The number of aromatic nitrogens is 2. The molecule has 0 spiro atoms. The van der Waals surface area contributed by atoms with Gasteiger partial charge in [0.15, 0.2) is 0 Å². The lowest BCUT2D eigenvalue weighted by molar-refractivity contribution is -0.117. The van der Waals surface area contributed by atoms with Crippen molar-refractivity contribution >= 4 is 44.8 Å². The van der Waals surface area contributed by atoms with Crippen molar-refractivity contribution in [3.05, 3.63) is 80.4 Å². The summed E-state index contributed by atoms with van der Waals surface area (Å²) in [5.41, 5.74) is 7.70. The maximum atomic E-state index is 14.6. The summed E-state index contributed by atoms with van der Waals surface area (Å²) < 4.78 is 30.6. The minimum Gasteiger partial charge on any atom is -0.368 e. The molecular formula is C23H19ClF2N4O2S. The lowest BCUT2D eigenvalue weighted by Gasteiger charge is -2.07. The van der Waals surface area contributed by atoms with E-state index < -0.39 is 23.4 Å². The van der Waals surface area contributed by atoms with Crippen LogP contribution in [0.2, 0.25) is 5.02 Å². The predicted octanol–water partition coefficient (Wildman–Crippen LogP) is 4.44. The van der Waals surface area contributed by atoms with Gasteiger partial charge in [-0.2, -0.15) is 5.10 Å². The van der Waals surface area contributed by atoms with Crippen LogP contribution in [0.1, 0.15) is 32.2 Å². The maximum Gasteiger partial charge on any atom is 0.255 e. The van der Waals surface area contributed by atoms with Gasteiger partial charge in [-0.3, -0.25) is 9.59 Å². The monoisotopic (exact) mass is 488 g/mol. The van der Waals surface area contributed by atoms with Crippen LogP contribution < -0.4 is 11.1 Å². The van der Waals surface area contributed by atoms with Crippen molar-refractivity contribution < 1.29 is 18.4 Å². The van der Waals surface area contributed by atoms with E-state index in [0.29, 0.717) is 49.7 Å². The topological polar surface area (TPSA) is 90.0 Å². The predicted molar refractivity (Wildman–Crippen MR) is 124 cm³/mol. The second-order valence-electron chi connectivity index (χ2n) is 7.58. The van der Waals surface area contributed by atoms with Crippen molar-refractivity contribution in [1.29, 1.82) is 0 Å². The largest absolute Gasteiger partial charge is 0.368 e. The van der Waals surface area contributed by atoms with Crippen molar-refractivity contribution in [3.8, 4) is 5.69 Å². The minimum atomic E-state index is -0.656. The number of amides is 2. The number of fused-ring (bicyclic) bond motifs is 1. The number of nitrogens with one attached hydrogen (secondary N) is 1. The number of aryl methyl sites for hydroxylation is 1. The van der Waals surface area contributed by atoms with Crippen molar-refractivity contribution in [2.75, 3.05) is 6.54 Å². The highest BCUT2D eigenvalue weighted by Gasteiger charge is 2.22. The SMILES string of the molecule is Cc1nn(-c2ccc(F)c3cc(Cc4cc(F)cc(Cl)c4)sc23)c(C)c1C(=O)NCC(N)=O. The molecule has 0 fully saturated rings. The van der Waals surface area contributed by atoms with E-state index in [1.807, 2.05) is 0 Å². The third kappa shape index (κ3) is 4.60. The van der Waals surface area contributed by atoms with Gasteiger partial charge < -0.3 is 11.1 Å². The average Bonchev–Trinajstić information content (AvgIpc) is 3.27. The van der Waals surface area contributed by atoms with Crippen molar-refractivity contribution in [1.82, 2.24) is 15.1 Å². The highest BCUT2D eigenvalue weighted by molar-refractivity contribution is 7.19. The zero-order chi connectivity index (χ0) is 23.9. The second kappa shape index (κ2) is 8.92. The van der Waals surface area contributed by atoms with Crippen LogP contribution in [0.4, 0.5) is 8.78 Å². The molecule has 2 heterocycles. The maximum absolute atomic E-state index is 14.6. The molecule has 0 unspecified atom stereocenters. The summed E-state index contributed by atoms with van der Waals surface area (Å²) in [6.07, 6.45) is 0.383. The first-order valence-electron chi connectivity index (χ1n) is 9.93. The molecule has 0 aliphatic carbocycles. The molecule has 4 aromatic rings. The van der Waals surface area contributed by atoms with Gasteiger partial charge in [0.2, 0.25) is 5.91 Å². The standard InChI is InChI=1S/C23H19ClF2N4O2S/c1-11-21(23(32)28-10-20(27)31)12(2)30(29-11)19-4-3-18(26)17-9-16(33-22(17)19)7-13-5-14(24)8-15(25)6-13/h3-6,8-9H,7,10H2,1-2H3,(H2,27,31)(H,28,32). The van der Waals surface area contributed by atoms with E-state index in [4.69, 9.17) is 17.3 Å². The molecule has 2 aromatic carbocycles. The Bertz CT molecular complexity index is 1390. The van der Waals surface area contributed by atoms with E-state index >= 15 is 0 Å².